The number of carbonyl (C=O) groups is 1. The molecule has 0 aliphatic rings. The van der Waals surface area contributed by atoms with Crippen molar-refractivity contribution in [3.63, 3.8) is 0 Å². The number of anilines is 1. The Morgan fingerprint density at radius 3 is 2.39 bits per heavy atom. The number of aromatic nitrogens is 2. The predicted octanol–water partition coefficient (Wildman–Crippen LogP) is 3.67. The highest BCUT2D eigenvalue weighted by Gasteiger charge is 2.20. The van der Waals surface area contributed by atoms with Crippen LogP contribution in [0.25, 0.3) is 10.2 Å². The minimum absolute atomic E-state index is 0.0351. The number of halogens is 1. The van der Waals surface area contributed by atoms with Crippen LogP contribution in [0.4, 0.5) is 10.1 Å². The van der Waals surface area contributed by atoms with Gasteiger partial charge < -0.3 is 5.32 Å². The van der Waals surface area contributed by atoms with Gasteiger partial charge in [0.25, 0.3) is 5.56 Å². The van der Waals surface area contributed by atoms with Crippen LogP contribution < -0.4 is 16.6 Å². The van der Waals surface area contributed by atoms with Crippen LogP contribution in [0.1, 0.15) is 16.0 Å². The van der Waals surface area contributed by atoms with Crippen LogP contribution >= 0.6 is 11.3 Å². The van der Waals surface area contributed by atoms with Crippen molar-refractivity contribution in [3.8, 4) is 0 Å². The lowest BCUT2D eigenvalue weighted by Crippen LogP contribution is -2.41. The van der Waals surface area contributed by atoms with Crippen LogP contribution in [0.3, 0.4) is 0 Å². The summed E-state index contributed by atoms with van der Waals surface area (Å²) >= 11 is 1.30. The van der Waals surface area contributed by atoms with Gasteiger partial charge in [0.15, 0.2) is 0 Å². The van der Waals surface area contributed by atoms with E-state index in [0.29, 0.717) is 10.2 Å². The molecule has 2 aromatic carbocycles. The van der Waals surface area contributed by atoms with E-state index >= 15 is 0 Å². The molecule has 0 radical (unpaired) electrons. The first-order valence-corrected chi connectivity index (χ1v) is 10.5. The first-order chi connectivity index (χ1) is 14.9. The SMILES string of the molecule is Cc1sc2c(c1C)c(=O)n(Cc1ccccc1)c(=O)n2CC(=O)Nc1ccccc1F. The highest BCUT2D eigenvalue weighted by atomic mass is 32.1. The van der Waals surface area contributed by atoms with Crippen molar-refractivity contribution in [3.05, 3.63) is 97.3 Å². The molecule has 0 aliphatic carbocycles. The van der Waals surface area contributed by atoms with Gasteiger partial charge in [-0.15, -0.1) is 11.3 Å². The van der Waals surface area contributed by atoms with Gasteiger partial charge in [0.1, 0.15) is 17.2 Å². The maximum atomic E-state index is 13.9. The molecule has 4 rings (SSSR count). The summed E-state index contributed by atoms with van der Waals surface area (Å²) in [5.41, 5.74) is 0.666. The molecular formula is C23H20FN3O3S. The van der Waals surface area contributed by atoms with Crippen molar-refractivity contribution < 1.29 is 9.18 Å². The number of nitrogens with one attached hydrogen (secondary N) is 1. The Labute approximate surface area is 181 Å². The number of hydrogen-bond donors (Lipinski definition) is 1. The summed E-state index contributed by atoms with van der Waals surface area (Å²) < 4.78 is 16.3. The molecule has 1 N–H and O–H groups in total. The molecule has 6 nitrogen and oxygen atoms in total. The van der Waals surface area contributed by atoms with E-state index in [0.717, 1.165) is 20.6 Å². The molecular weight excluding hydrogens is 417 g/mol. The molecule has 2 heterocycles. The minimum Gasteiger partial charge on any atom is -0.322 e. The molecule has 0 spiro atoms. The maximum absolute atomic E-state index is 13.9. The average Bonchev–Trinajstić information content (AvgIpc) is 3.05. The average molecular weight is 437 g/mol. The summed E-state index contributed by atoms with van der Waals surface area (Å²) in [7, 11) is 0. The van der Waals surface area contributed by atoms with Crippen LogP contribution in [0.15, 0.2) is 64.2 Å². The van der Waals surface area contributed by atoms with E-state index in [1.54, 1.807) is 6.07 Å². The topological polar surface area (TPSA) is 73.1 Å². The van der Waals surface area contributed by atoms with E-state index in [-0.39, 0.29) is 24.3 Å². The molecule has 31 heavy (non-hydrogen) atoms. The highest BCUT2D eigenvalue weighted by Crippen LogP contribution is 2.27. The number of nitrogens with zero attached hydrogens (tertiary/aromatic N) is 2. The van der Waals surface area contributed by atoms with Gasteiger partial charge in [-0.25, -0.2) is 9.18 Å². The summed E-state index contributed by atoms with van der Waals surface area (Å²) in [6.07, 6.45) is 0. The van der Waals surface area contributed by atoms with E-state index < -0.39 is 17.4 Å². The van der Waals surface area contributed by atoms with E-state index in [9.17, 15) is 18.8 Å². The molecule has 2 aromatic heterocycles. The smallest absolute Gasteiger partial charge is 0.322 e. The summed E-state index contributed by atoms with van der Waals surface area (Å²) in [5.74, 6) is -1.12. The number of thiophene rings is 1. The highest BCUT2D eigenvalue weighted by molar-refractivity contribution is 7.18. The molecule has 0 bridgehead atoms. The second-order valence-electron chi connectivity index (χ2n) is 7.24. The molecule has 0 unspecified atom stereocenters. The Hall–Kier alpha value is -3.52. The molecule has 0 fully saturated rings. The van der Waals surface area contributed by atoms with Crippen LogP contribution in [0, 0.1) is 19.7 Å². The van der Waals surface area contributed by atoms with Gasteiger partial charge in [-0.1, -0.05) is 42.5 Å². The number of rotatable bonds is 5. The van der Waals surface area contributed by atoms with Crippen LogP contribution in [0.2, 0.25) is 0 Å². The lowest BCUT2D eigenvalue weighted by Gasteiger charge is -2.13. The fourth-order valence-corrected chi connectivity index (χ4v) is 4.59. The number of hydrogen-bond acceptors (Lipinski definition) is 4. The van der Waals surface area contributed by atoms with Crippen molar-refractivity contribution in [1.82, 2.24) is 9.13 Å². The molecule has 0 saturated heterocycles. The first kappa shape index (κ1) is 20.7. The Bertz CT molecular complexity index is 1400. The van der Waals surface area contributed by atoms with Crippen LogP contribution in [-0.4, -0.2) is 15.0 Å². The van der Waals surface area contributed by atoms with Crippen molar-refractivity contribution in [2.75, 3.05) is 5.32 Å². The zero-order valence-corrected chi connectivity index (χ0v) is 17.8. The van der Waals surface area contributed by atoms with Gasteiger partial charge in [-0.05, 0) is 37.1 Å². The zero-order chi connectivity index (χ0) is 22.1. The predicted molar refractivity (Wildman–Crippen MR) is 120 cm³/mol. The van der Waals surface area contributed by atoms with E-state index in [2.05, 4.69) is 5.32 Å². The minimum atomic E-state index is -0.578. The van der Waals surface area contributed by atoms with E-state index in [4.69, 9.17) is 0 Å². The monoisotopic (exact) mass is 437 g/mol. The number of para-hydroxylation sites is 1. The van der Waals surface area contributed by atoms with Crippen molar-refractivity contribution in [2.45, 2.75) is 26.9 Å². The first-order valence-electron chi connectivity index (χ1n) is 9.68. The number of fused-ring (bicyclic) bond motifs is 1. The standard InChI is InChI=1S/C23H20FN3O3S/c1-14-15(2)31-22-20(14)21(29)26(12-16-8-4-3-5-9-16)23(30)27(22)13-19(28)25-18-11-7-6-10-17(18)24/h3-11H,12-13H2,1-2H3,(H,25,28). The van der Waals surface area contributed by atoms with Crippen LogP contribution in [-0.2, 0) is 17.9 Å². The quantitative estimate of drug-likeness (QED) is 0.518. The second kappa shape index (κ2) is 8.31. The van der Waals surface area contributed by atoms with Gasteiger partial charge in [-0.2, -0.15) is 0 Å². The number of aryl methyl sites for hydroxylation is 2. The Kier molecular flexibility index (Phi) is 5.56. The fourth-order valence-electron chi connectivity index (χ4n) is 3.45. The van der Waals surface area contributed by atoms with Crippen molar-refractivity contribution in [1.29, 1.82) is 0 Å². The third-order valence-electron chi connectivity index (χ3n) is 5.17. The molecule has 0 atom stereocenters. The van der Waals surface area contributed by atoms with Gasteiger partial charge >= 0.3 is 5.69 Å². The maximum Gasteiger partial charge on any atom is 0.332 e. The lowest BCUT2D eigenvalue weighted by atomic mass is 10.2. The van der Waals surface area contributed by atoms with Crippen molar-refractivity contribution >= 4 is 33.1 Å². The molecule has 158 valence electrons. The van der Waals surface area contributed by atoms with Crippen LogP contribution in [0.5, 0.6) is 0 Å². The summed E-state index contributed by atoms with van der Waals surface area (Å²) in [5, 5.41) is 2.93. The number of carbonyl (C=O) groups excluding carboxylic acids is 1. The number of benzene rings is 2. The van der Waals surface area contributed by atoms with E-state index in [1.165, 1.54) is 34.1 Å². The molecule has 4 aromatic rings. The number of amides is 1. The van der Waals surface area contributed by atoms with Gasteiger partial charge in [-0.3, -0.25) is 18.7 Å². The Morgan fingerprint density at radius 2 is 1.68 bits per heavy atom. The lowest BCUT2D eigenvalue weighted by molar-refractivity contribution is -0.116. The molecule has 1 amide bonds. The Morgan fingerprint density at radius 1 is 1.00 bits per heavy atom. The molecule has 8 heteroatoms. The summed E-state index contributed by atoms with van der Waals surface area (Å²) in [6, 6.07) is 15.0. The summed E-state index contributed by atoms with van der Waals surface area (Å²) in [6.45, 7) is 3.46. The zero-order valence-electron chi connectivity index (χ0n) is 17.0. The third-order valence-corrected chi connectivity index (χ3v) is 6.40. The molecule has 0 aliphatic heterocycles. The summed E-state index contributed by atoms with van der Waals surface area (Å²) in [4.78, 5) is 40.4. The van der Waals surface area contributed by atoms with Crippen molar-refractivity contribution in [2.24, 2.45) is 0 Å². The van der Waals surface area contributed by atoms with Gasteiger partial charge in [0, 0.05) is 4.88 Å². The largest absolute Gasteiger partial charge is 0.332 e. The van der Waals surface area contributed by atoms with Gasteiger partial charge in [0.2, 0.25) is 5.91 Å². The van der Waals surface area contributed by atoms with Gasteiger partial charge in [0.05, 0.1) is 17.6 Å². The second-order valence-corrected chi connectivity index (χ2v) is 8.44. The molecule has 0 saturated carbocycles. The normalized spacial score (nSPS) is 11.1. The third kappa shape index (κ3) is 3.94. The fraction of sp³-hybridized carbons (Fsp3) is 0.174. The Balaban J connectivity index is 1.81. The van der Waals surface area contributed by atoms with E-state index in [1.807, 2.05) is 44.2 Å².